The molecule has 2 atom stereocenters. The van der Waals surface area contributed by atoms with E-state index < -0.39 is 0 Å². The van der Waals surface area contributed by atoms with Crippen molar-refractivity contribution in [2.45, 2.75) is 25.8 Å². The van der Waals surface area contributed by atoms with E-state index in [0.717, 1.165) is 43.7 Å². The lowest BCUT2D eigenvalue weighted by atomic mass is 9.96. The van der Waals surface area contributed by atoms with Crippen molar-refractivity contribution in [2.24, 2.45) is 5.92 Å². The summed E-state index contributed by atoms with van der Waals surface area (Å²) in [7, 11) is 0. The van der Waals surface area contributed by atoms with Crippen LogP contribution in [0.25, 0.3) is 0 Å². The fourth-order valence-corrected chi connectivity index (χ4v) is 3.03. The van der Waals surface area contributed by atoms with Crippen molar-refractivity contribution >= 4 is 6.29 Å². The number of piperidine rings is 1. The van der Waals surface area contributed by atoms with Crippen molar-refractivity contribution < 1.29 is 14.3 Å². The normalized spacial score (nSPS) is 24.1. The molecule has 2 aliphatic rings. The molecular formula is C16H21NO3. The summed E-state index contributed by atoms with van der Waals surface area (Å²) in [6.45, 7) is 5.34. The maximum absolute atomic E-state index is 11.0. The molecule has 1 aromatic rings. The first-order chi connectivity index (χ1) is 9.78. The highest BCUT2D eigenvalue weighted by Crippen LogP contribution is 2.34. The molecule has 4 nitrogen and oxygen atoms in total. The Labute approximate surface area is 119 Å². The molecule has 1 saturated heterocycles. The van der Waals surface area contributed by atoms with Gasteiger partial charge in [-0.2, -0.15) is 0 Å². The van der Waals surface area contributed by atoms with Crippen LogP contribution in [0.3, 0.4) is 0 Å². The minimum atomic E-state index is 0.184. The minimum absolute atomic E-state index is 0.184. The van der Waals surface area contributed by atoms with Crippen LogP contribution >= 0.6 is 0 Å². The molecule has 0 N–H and O–H groups in total. The summed E-state index contributed by atoms with van der Waals surface area (Å²) < 4.78 is 11.2. The first-order valence-corrected chi connectivity index (χ1v) is 7.37. The van der Waals surface area contributed by atoms with Crippen LogP contribution in [0.15, 0.2) is 18.2 Å². The topological polar surface area (TPSA) is 38.8 Å². The van der Waals surface area contributed by atoms with Crippen molar-refractivity contribution in [2.75, 3.05) is 26.3 Å². The van der Waals surface area contributed by atoms with Crippen LogP contribution in [0.4, 0.5) is 0 Å². The summed E-state index contributed by atoms with van der Waals surface area (Å²) in [4.78, 5) is 13.4. The van der Waals surface area contributed by atoms with Crippen LogP contribution in [0.2, 0.25) is 0 Å². The Morgan fingerprint density at radius 2 is 2.10 bits per heavy atom. The third-order valence-corrected chi connectivity index (χ3v) is 4.28. The third-order valence-electron chi connectivity index (χ3n) is 4.28. The highest BCUT2D eigenvalue weighted by Gasteiger charge is 2.25. The number of benzene rings is 1. The van der Waals surface area contributed by atoms with Crippen LogP contribution in [0.5, 0.6) is 11.5 Å². The van der Waals surface area contributed by atoms with Crippen molar-refractivity contribution in [3.05, 3.63) is 23.8 Å². The SMILES string of the molecule is CC(c1ccc2c(c1)OCCO2)N1CCCC(C=O)C1. The number of fused-ring (bicyclic) bond motifs is 1. The van der Waals surface area contributed by atoms with Gasteiger partial charge in [0, 0.05) is 18.5 Å². The molecular weight excluding hydrogens is 254 g/mol. The molecule has 0 aliphatic carbocycles. The molecule has 2 heterocycles. The minimum Gasteiger partial charge on any atom is -0.486 e. The van der Waals surface area contributed by atoms with E-state index >= 15 is 0 Å². The van der Waals surface area contributed by atoms with E-state index in [9.17, 15) is 4.79 Å². The fourth-order valence-electron chi connectivity index (χ4n) is 3.03. The second kappa shape index (κ2) is 5.83. The number of likely N-dealkylation sites (tertiary alicyclic amines) is 1. The maximum atomic E-state index is 11.0. The zero-order chi connectivity index (χ0) is 13.9. The van der Waals surface area contributed by atoms with E-state index in [0.29, 0.717) is 19.3 Å². The average Bonchev–Trinajstić information content (AvgIpc) is 2.53. The molecule has 0 saturated carbocycles. The Balaban J connectivity index is 1.76. The quantitative estimate of drug-likeness (QED) is 0.794. The standard InChI is InChI=1S/C16H21NO3/c1-12(17-6-2-3-13(10-17)11-18)14-4-5-15-16(9-14)20-8-7-19-15/h4-5,9,11-13H,2-3,6-8,10H2,1H3. The number of hydrogen-bond donors (Lipinski definition) is 0. The molecule has 0 radical (unpaired) electrons. The Kier molecular flexibility index (Phi) is 3.92. The van der Waals surface area contributed by atoms with Crippen LogP contribution in [-0.2, 0) is 4.79 Å². The summed E-state index contributed by atoms with van der Waals surface area (Å²) in [6, 6.07) is 6.46. The second-order valence-corrected chi connectivity index (χ2v) is 5.61. The molecule has 4 heteroatoms. The van der Waals surface area contributed by atoms with E-state index in [4.69, 9.17) is 9.47 Å². The Bertz CT molecular complexity index is 489. The molecule has 0 aromatic heterocycles. The van der Waals surface area contributed by atoms with Crippen LogP contribution < -0.4 is 9.47 Å². The molecule has 0 bridgehead atoms. The zero-order valence-electron chi connectivity index (χ0n) is 11.9. The molecule has 1 aromatic carbocycles. The summed E-state index contributed by atoms with van der Waals surface area (Å²) in [5, 5.41) is 0. The Morgan fingerprint density at radius 1 is 1.30 bits per heavy atom. The Morgan fingerprint density at radius 3 is 2.90 bits per heavy atom. The molecule has 1 fully saturated rings. The largest absolute Gasteiger partial charge is 0.486 e. The van der Waals surface area contributed by atoms with Gasteiger partial charge in [-0.1, -0.05) is 6.07 Å². The monoisotopic (exact) mass is 275 g/mol. The lowest BCUT2D eigenvalue weighted by Crippen LogP contribution is -2.37. The molecule has 2 aliphatic heterocycles. The number of aldehydes is 1. The molecule has 3 rings (SSSR count). The van der Waals surface area contributed by atoms with Gasteiger partial charge in [-0.05, 0) is 44.0 Å². The van der Waals surface area contributed by atoms with Crippen molar-refractivity contribution in [1.29, 1.82) is 0 Å². The van der Waals surface area contributed by atoms with Crippen LogP contribution in [0, 0.1) is 5.92 Å². The zero-order valence-corrected chi connectivity index (χ0v) is 11.9. The molecule has 0 amide bonds. The molecule has 20 heavy (non-hydrogen) atoms. The van der Waals surface area contributed by atoms with Gasteiger partial charge in [0.2, 0.25) is 0 Å². The predicted molar refractivity (Wildman–Crippen MR) is 76.2 cm³/mol. The van der Waals surface area contributed by atoms with Gasteiger partial charge in [-0.15, -0.1) is 0 Å². The van der Waals surface area contributed by atoms with E-state index in [1.165, 1.54) is 5.56 Å². The summed E-state index contributed by atoms with van der Waals surface area (Å²) in [6.07, 6.45) is 3.22. The van der Waals surface area contributed by atoms with Crippen LogP contribution in [-0.4, -0.2) is 37.5 Å². The summed E-state index contributed by atoms with van der Waals surface area (Å²) >= 11 is 0. The molecule has 108 valence electrons. The lowest BCUT2D eigenvalue weighted by Gasteiger charge is -2.35. The van der Waals surface area contributed by atoms with E-state index in [-0.39, 0.29) is 5.92 Å². The van der Waals surface area contributed by atoms with Gasteiger partial charge in [0.25, 0.3) is 0 Å². The van der Waals surface area contributed by atoms with E-state index in [2.05, 4.69) is 24.0 Å². The van der Waals surface area contributed by atoms with Crippen molar-refractivity contribution in [1.82, 2.24) is 4.90 Å². The van der Waals surface area contributed by atoms with Gasteiger partial charge in [-0.25, -0.2) is 0 Å². The number of nitrogens with zero attached hydrogens (tertiary/aromatic N) is 1. The van der Waals surface area contributed by atoms with Gasteiger partial charge in [0.05, 0.1) is 0 Å². The van der Waals surface area contributed by atoms with Crippen molar-refractivity contribution in [3.8, 4) is 11.5 Å². The number of rotatable bonds is 3. The van der Waals surface area contributed by atoms with Gasteiger partial charge < -0.3 is 14.3 Å². The maximum Gasteiger partial charge on any atom is 0.161 e. The molecule has 0 spiro atoms. The van der Waals surface area contributed by atoms with Gasteiger partial charge >= 0.3 is 0 Å². The molecule has 2 unspecified atom stereocenters. The lowest BCUT2D eigenvalue weighted by molar-refractivity contribution is -0.112. The first-order valence-electron chi connectivity index (χ1n) is 7.37. The average molecular weight is 275 g/mol. The van der Waals surface area contributed by atoms with Crippen molar-refractivity contribution in [3.63, 3.8) is 0 Å². The van der Waals surface area contributed by atoms with E-state index in [1.807, 2.05) is 6.07 Å². The first kappa shape index (κ1) is 13.4. The number of carbonyl (C=O) groups excluding carboxylic acids is 1. The van der Waals surface area contributed by atoms with Gasteiger partial charge in [0.15, 0.2) is 11.5 Å². The van der Waals surface area contributed by atoms with Gasteiger partial charge in [-0.3, -0.25) is 4.90 Å². The smallest absolute Gasteiger partial charge is 0.161 e. The highest BCUT2D eigenvalue weighted by atomic mass is 16.6. The summed E-state index contributed by atoms with van der Waals surface area (Å²) in [5.74, 6) is 1.85. The second-order valence-electron chi connectivity index (χ2n) is 5.61. The number of hydrogen-bond acceptors (Lipinski definition) is 4. The van der Waals surface area contributed by atoms with Gasteiger partial charge in [0.1, 0.15) is 19.5 Å². The number of ether oxygens (including phenoxy) is 2. The van der Waals surface area contributed by atoms with E-state index in [1.54, 1.807) is 0 Å². The predicted octanol–water partition coefficient (Wildman–Crippen LogP) is 2.43. The number of carbonyl (C=O) groups is 1. The van der Waals surface area contributed by atoms with Crippen LogP contribution in [0.1, 0.15) is 31.4 Å². The third kappa shape index (κ3) is 2.66. The summed E-state index contributed by atoms with van der Waals surface area (Å²) in [5.41, 5.74) is 1.22. The highest BCUT2D eigenvalue weighted by molar-refractivity contribution is 5.54. The fraction of sp³-hybridized carbons (Fsp3) is 0.562. The Hall–Kier alpha value is -1.55.